The Morgan fingerprint density at radius 3 is 2.83 bits per heavy atom. The molecule has 0 radical (unpaired) electrons. The highest BCUT2D eigenvalue weighted by molar-refractivity contribution is 14.0. The molecule has 1 aliphatic heterocycles. The molecule has 2 heterocycles. The Hall–Kier alpha value is -1.68. The summed E-state index contributed by atoms with van der Waals surface area (Å²) in [7, 11) is 1.82. The van der Waals surface area contributed by atoms with Gasteiger partial charge in [0.2, 0.25) is 5.89 Å². The van der Waals surface area contributed by atoms with Gasteiger partial charge in [-0.2, -0.15) is 4.98 Å². The Labute approximate surface area is 190 Å². The molecule has 7 nitrogen and oxygen atoms in total. The largest absolute Gasteiger partial charge is 0.376 e. The molecule has 0 aliphatic carbocycles. The summed E-state index contributed by atoms with van der Waals surface area (Å²) in [5, 5.41) is 7.41. The molecule has 2 aromatic rings. The molecule has 1 aliphatic rings. The minimum Gasteiger partial charge on any atom is -0.376 e. The summed E-state index contributed by atoms with van der Waals surface area (Å²) in [5.74, 6) is 3.17. The fourth-order valence-electron chi connectivity index (χ4n) is 3.30. The first-order valence-electron chi connectivity index (χ1n) is 10.1. The number of halogens is 1. The molecular formula is C21H32IN5O2. The molecule has 1 saturated heterocycles. The number of guanidine groups is 1. The van der Waals surface area contributed by atoms with Crippen molar-refractivity contribution in [2.45, 2.75) is 39.2 Å². The number of hydrogen-bond donors (Lipinski definition) is 1. The molecule has 8 heteroatoms. The Morgan fingerprint density at radius 2 is 2.14 bits per heavy atom. The lowest BCUT2D eigenvalue weighted by molar-refractivity contribution is 0.0907. The zero-order valence-corrected chi connectivity index (χ0v) is 19.8. The van der Waals surface area contributed by atoms with Crippen molar-refractivity contribution in [1.29, 1.82) is 0 Å². The fraction of sp³-hybridized carbons (Fsp3) is 0.571. The van der Waals surface area contributed by atoms with Gasteiger partial charge >= 0.3 is 0 Å². The van der Waals surface area contributed by atoms with Crippen molar-refractivity contribution in [3.05, 3.63) is 47.6 Å². The van der Waals surface area contributed by atoms with Crippen LogP contribution < -0.4 is 5.32 Å². The summed E-state index contributed by atoms with van der Waals surface area (Å²) in [5.41, 5.74) is 1.22. The summed E-state index contributed by atoms with van der Waals surface area (Å²) in [6.45, 7) is 8.25. The van der Waals surface area contributed by atoms with Crippen LogP contribution in [0, 0.1) is 5.92 Å². The van der Waals surface area contributed by atoms with E-state index in [9.17, 15) is 0 Å². The molecule has 0 amide bonds. The van der Waals surface area contributed by atoms with Gasteiger partial charge < -0.3 is 19.5 Å². The molecule has 1 aromatic carbocycles. The quantitative estimate of drug-likeness (QED) is 0.331. The SMILES string of the molecule is CN=C(NCCc1nc(C(C)C)no1)N1CCC(COCc2ccccc2)C1.I. The van der Waals surface area contributed by atoms with Crippen molar-refractivity contribution in [3.63, 3.8) is 0 Å². The van der Waals surface area contributed by atoms with Crippen LogP contribution in [0.2, 0.25) is 0 Å². The summed E-state index contributed by atoms with van der Waals surface area (Å²) >= 11 is 0. The van der Waals surface area contributed by atoms with Crippen LogP contribution in [-0.2, 0) is 17.8 Å². The van der Waals surface area contributed by atoms with Gasteiger partial charge in [-0.05, 0) is 12.0 Å². The summed E-state index contributed by atoms with van der Waals surface area (Å²) < 4.78 is 11.2. The second kappa shape index (κ2) is 12.1. The van der Waals surface area contributed by atoms with E-state index in [0.717, 1.165) is 44.4 Å². The van der Waals surface area contributed by atoms with Gasteiger partial charge in [0.15, 0.2) is 11.8 Å². The lowest BCUT2D eigenvalue weighted by Crippen LogP contribution is -2.41. The van der Waals surface area contributed by atoms with Gasteiger partial charge in [0.1, 0.15) is 0 Å². The lowest BCUT2D eigenvalue weighted by atomic mass is 10.1. The van der Waals surface area contributed by atoms with Gasteiger partial charge in [0.05, 0.1) is 13.2 Å². The van der Waals surface area contributed by atoms with Crippen LogP contribution in [-0.4, -0.2) is 54.3 Å². The third-order valence-electron chi connectivity index (χ3n) is 4.88. The van der Waals surface area contributed by atoms with Gasteiger partial charge in [0.25, 0.3) is 0 Å². The first-order chi connectivity index (χ1) is 13.7. The summed E-state index contributed by atoms with van der Waals surface area (Å²) in [6.07, 6.45) is 1.81. The third kappa shape index (κ3) is 7.26. The van der Waals surface area contributed by atoms with E-state index in [1.54, 1.807) is 0 Å². The second-order valence-electron chi connectivity index (χ2n) is 7.53. The zero-order chi connectivity index (χ0) is 19.8. The average Bonchev–Trinajstić information content (AvgIpc) is 3.36. The lowest BCUT2D eigenvalue weighted by Gasteiger charge is -2.21. The van der Waals surface area contributed by atoms with Crippen molar-refractivity contribution in [2.24, 2.45) is 10.9 Å². The fourth-order valence-corrected chi connectivity index (χ4v) is 3.30. The number of hydrogen-bond acceptors (Lipinski definition) is 5. The third-order valence-corrected chi connectivity index (χ3v) is 4.88. The Balaban J connectivity index is 0.00000300. The van der Waals surface area contributed by atoms with E-state index in [1.165, 1.54) is 5.56 Å². The molecule has 0 spiro atoms. The molecule has 0 bridgehead atoms. The van der Waals surface area contributed by atoms with E-state index < -0.39 is 0 Å². The minimum absolute atomic E-state index is 0. The van der Waals surface area contributed by atoms with Crippen molar-refractivity contribution in [3.8, 4) is 0 Å². The second-order valence-corrected chi connectivity index (χ2v) is 7.53. The number of aliphatic imine (C=N–C) groups is 1. The summed E-state index contributed by atoms with van der Waals surface area (Å²) in [4.78, 5) is 11.1. The van der Waals surface area contributed by atoms with Crippen LogP contribution in [0.4, 0.5) is 0 Å². The van der Waals surface area contributed by atoms with Crippen molar-refractivity contribution in [1.82, 2.24) is 20.4 Å². The first-order valence-corrected chi connectivity index (χ1v) is 10.1. The Morgan fingerprint density at radius 1 is 1.34 bits per heavy atom. The molecule has 160 valence electrons. The van der Waals surface area contributed by atoms with E-state index >= 15 is 0 Å². The zero-order valence-electron chi connectivity index (χ0n) is 17.5. The van der Waals surface area contributed by atoms with Crippen LogP contribution in [0.5, 0.6) is 0 Å². The molecule has 0 saturated carbocycles. The predicted molar refractivity (Wildman–Crippen MR) is 125 cm³/mol. The van der Waals surface area contributed by atoms with Gasteiger partial charge in [-0.15, -0.1) is 24.0 Å². The minimum atomic E-state index is 0. The Kier molecular flexibility index (Phi) is 9.86. The van der Waals surface area contributed by atoms with E-state index in [-0.39, 0.29) is 29.9 Å². The smallest absolute Gasteiger partial charge is 0.228 e. The van der Waals surface area contributed by atoms with Crippen molar-refractivity contribution in [2.75, 3.05) is 33.3 Å². The number of nitrogens with zero attached hydrogens (tertiary/aromatic N) is 4. The maximum absolute atomic E-state index is 5.91. The van der Waals surface area contributed by atoms with Gasteiger partial charge in [0, 0.05) is 44.9 Å². The van der Waals surface area contributed by atoms with Crippen molar-refractivity contribution >= 4 is 29.9 Å². The van der Waals surface area contributed by atoms with Gasteiger partial charge in [-0.25, -0.2) is 0 Å². The molecular weight excluding hydrogens is 481 g/mol. The van der Waals surface area contributed by atoms with Crippen LogP contribution in [0.25, 0.3) is 0 Å². The molecule has 1 aromatic heterocycles. The highest BCUT2D eigenvalue weighted by atomic mass is 127. The van der Waals surface area contributed by atoms with E-state index in [2.05, 4.69) is 51.3 Å². The number of likely N-dealkylation sites (tertiary alicyclic amines) is 1. The van der Waals surface area contributed by atoms with E-state index in [0.29, 0.717) is 24.8 Å². The van der Waals surface area contributed by atoms with Crippen molar-refractivity contribution < 1.29 is 9.26 Å². The number of rotatable bonds is 8. The number of aromatic nitrogens is 2. The maximum Gasteiger partial charge on any atom is 0.228 e. The standard InChI is InChI=1S/C21H31N5O2.HI/c1-16(2)20-24-19(28-25-20)9-11-23-21(22-3)26-12-10-18(13-26)15-27-14-17-7-5-4-6-8-17;/h4-8,16,18H,9-15H2,1-3H3,(H,22,23);1H. The highest BCUT2D eigenvalue weighted by Crippen LogP contribution is 2.17. The molecule has 1 N–H and O–H groups in total. The summed E-state index contributed by atoms with van der Waals surface area (Å²) in [6, 6.07) is 10.3. The normalized spacial score (nSPS) is 16.9. The van der Waals surface area contributed by atoms with Crippen LogP contribution >= 0.6 is 24.0 Å². The molecule has 29 heavy (non-hydrogen) atoms. The number of nitrogens with one attached hydrogen (secondary N) is 1. The number of ether oxygens (including phenoxy) is 1. The molecule has 1 fully saturated rings. The van der Waals surface area contributed by atoms with Gasteiger partial charge in [-0.3, -0.25) is 4.99 Å². The average molecular weight is 513 g/mol. The maximum atomic E-state index is 5.91. The molecule has 1 atom stereocenters. The van der Waals surface area contributed by atoms with Gasteiger partial charge in [-0.1, -0.05) is 49.3 Å². The van der Waals surface area contributed by atoms with E-state index in [1.807, 2.05) is 25.2 Å². The molecule has 3 rings (SSSR count). The topological polar surface area (TPSA) is 75.8 Å². The Bertz CT molecular complexity index is 751. The van der Waals surface area contributed by atoms with Crippen LogP contribution in [0.15, 0.2) is 39.8 Å². The predicted octanol–water partition coefficient (Wildman–Crippen LogP) is 3.47. The first kappa shape index (κ1) is 23.6. The number of benzene rings is 1. The van der Waals surface area contributed by atoms with E-state index in [4.69, 9.17) is 9.26 Å². The van der Waals surface area contributed by atoms with Crippen LogP contribution in [0.3, 0.4) is 0 Å². The van der Waals surface area contributed by atoms with Crippen LogP contribution in [0.1, 0.15) is 43.5 Å². The monoisotopic (exact) mass is 513 g/mol. The molecule has 1 unspecified atom stereocenters. The highest BCUT2D eigenvalue weighted by Gasteiger charge is 2.25.